The summed E-state index contributed by atoms with van der Waals surface area (Å²) in [4.78, 5) is 2.35. The van der Waals surface area contributed by atoms with Crippen molar-refractivity contribution in [2.75, 3.05) is 18.9 Å². The van der Waals surface area contributed by atoms with E-state index in [1.165, 1.54) is 0 Å². The van der Waals surface area contributed by atoms with Gasteiger partial charge in [0.2, 0.25) is 0 Å². The third-order valence-electron chi connectivity index (χ3n) is 3.18. The van der Waals surface area contributed by atoms with Crippen molar-refractivity contribution in [3.63, 3.8) is 0 Å². The summed E-state index contributed by atoms with van der Waals surface area (Å²) < 4.78 is 0. The number of likely N-dealkylation sites (tertiary alicyclic amines) is 1. The summed E-state index contributed by atoms with van der Waals surface area (Å²) in [5, 5.41) is 4.83. The number of rotatable bonds is 2. The van der Waals surface area contributed by atoms with Crippen molar-refractivity contribution in [2.24, 2.45) is 0 Å². The minimum Gasteiger partial charge on any atom is -0.380 e. The van der Waals surface area contributed by atoms with Gasteiger partial charge in [-0.1, -0.05) is 23.2 Å². The third kappa shape index (κ3) is 2.62. The minimum atomic E-state index is 0.471. The maximum Gasteiger partial charge on any atom is 0.0652 e. The van der Waals surface area contributed by atoms with Gasteiger partial charge < -0.3 is 10.2 Å². The molecular formula is C12H16Cl2N2. The second-order valence-electron chi connectivity index (χ2n) is 4.49. The number of nitrogens with one attached hydrogen (secondary N) is 1. The van der Waals surface area contributed by atoms with Crippen LogP contribution in [0.3, 0.4) is 0 Å². The van der Waals surface area contributed by atoms with Crippen molar-refractivity contribution in [1.82, 2.24) is 4.90 Å². The molecule has 2 nitrogen and oxygen atoms in total. The first-order valence-corrected chi connectivity index (χ1v) is 6.23. The maximum atomic E-state index is 6.12. The SMILES string of the molecule is CC1CC(Nc2ccc(Cl)cc2Cl)CN1C. The second-order valence-corrected chi connectivity index (χ2v) is 5.33. The highest BCUT2D eigenvalue weighted by Gasteiger charge is 2.26. The molecule has 2 atom stereocenters. The number of anilines is 1. The topological polar surface area (TPSA) is 15.3 Å². The molecule has 0 saturated carbocycles. The Balaban J connectivity index is 2.05. The van der Waals surface area contributed by atoms with E-state index in [4.69, 9.17) is 23.2 Å². The first kappa shape index (κ1) is 12.0. The van der Waals surface area contributed by atoms with Crippen LogP contribution < -0.4 is 5.32 Å². The van der Waals surface area contributed by atoms with Gasteiger partial charge >= 0.3 is 0 Å². The lowest BCUT2D eigenvalue weighted by Crippen LogP contribution is -2.24. The van der Waals surface area contributed by atoms with Crippen LogP contribution in [-0.4, -0.2) is 30.6 Å². The molecule has 1 fully saturated rings. The van der Waals surface area contributed by atoms with Gasteiger partial charge in [0.25, 0.3) is 0 Å². The van der Waals surface area contributed by atoms with Gasteiger partial charge in [-0.25, -0.2) is 0 Å². The summed E-state index contributed by atoms with van der Waals surface area (Å²) in [7, 11) is 2.15. The fourth-order valence-electron chi connectivity index (χ4n) is 2.12. The van der Waals surface area contributed by atoms with Gasteiger partial charge in [-0.2, -0.15) is 0 Å². The Labute approximate surface area is 107 Å². The summed E-state index contributed by atoms with van der Waals surface area (Å²) in [6, 6.07) is 6.67. The van der Waals surface area contributed by atoms with E-state index in [2.05, 4.69) is 24.2 Å². The number of halogens is 2. The van der Waals surface area contributed by atoms with E-state index in [9.17, 15) is 0 Å². The normalized spacial score (nSPS) is 26.0. The van der Waals surface area contributed by atoms with E-state index < -0.39 is 0 Å². The molecule has 1 aliphatic rings. The Morgan fingerprint density at radius 3 is 2.69 bits per heavy atom. The molecule has 1 N–H and O–H groups in total. The van der Waals surface area contributed by atoms with E-state index in [0.717, 1.165) is 18.7 Å². The Morgan fingerprint density at radius 2 is 2.12 bits per heavy atom. The molecule has 1 aromatic rings. The summed E-state index contributed by atoms with van der Waals surface area (Å²) in [5.74, 6) is 0. The van der Waals surface area contributed by atoms with E-state index in [-0.39, 0.29) is 0 Å². The van der Waals surface area contributed by atoms with Gasteiger partial charge in [0.1, 0.15) is 0 Å². The predicted molar refractivity (Wildman–Crippen MR) is 70.6 cm³/mol. The smallest absolute Gasteiger partial charge is 0.0652 e. The van der Waals surface area contributed by atoms with Crippen molar-refractivity contribution in [1.29, 1.82) is 0 Å². The van der Waals surface area contributed by atoms with Crippen molar-refractivity contribution in [3.8, 4) is 0 Å². The fourth-order valence-corrected chi connectivity index (χ4v) is 2.59. The highest BCUT2D eigenvalue weighted by Crippen LogP contribution is 2.28. The highest BCUT2D eigenvalue weighted by molar-refractivity contribution is 6.36. The molecule has 1 saturated heterocycles. The van der Waals surface area contributed by atoms with Crippen LogP contribution >= 0.6 is 23.2 Å². The molecular weight excluding hydrogens is 243 g/mol. The van der Waals surface area contributed by atoms with Gasteiger partial charge in [0.05, 0.1) is 10.7 Å². The molecule has 0 aliphatic carbocycles. The predicted octanol–water partition coefficient (Wildman–Crippen LogP) is 3.50. The lowest BCUT2D eigenvalue weighted by Gasteiger charge is -2.15. The molecule has 0 amide bonds. The van der Waals surface area contributed by atoms with Gasteiger partial charge in [0.15, 0.2) is 0 Å². The van der Waals surface area contributed by atoms with Crippen LogP contribution in [0, 0.1) is 0 Å². The third-order valence-corrected chi connectivity index (χ3v) is 3.73. The molecule has 1 heterocycles. The Hall–Kier alpha value is -0.440. The number of benzene rings is 1. The summed E-state index contributed by atoms with van der Waals surface area (Å²) in [6.07, 6.45) is 1.15. The van der Waals surface area contributed by atoms with Crippen molar-refractivity contribution < 1.29 is 0 Å². The Kier molecular flexibility index (Phi) is 3.63. The first-order chi connectivity index (χ1) is 7.56. The van der Waals surface area contributed by atoms with E-state index >= 15 is 0 Å². The largest absolute Gasteiger partial charge is 0.380 e. The molecule has 4 heteroatoms. The monoisotopic (exact) mass is 258 g/mol. The van der Waals surface area contributed by atoms with Crippen molar-refractivity contribution >= 4 is 28.9 Å². The van der Waals surface area contributed by atoms with Crippen LogP contribution in [0.5, 0.6) is 0 Å². The summed E-state index contributed by atoms with van der Waals surface area (Å²) >= 11 is 12.0. The van der Waals surface area contributed by atoms with Crippen LogP contribution in [0.4, 0.5) is 5.69 Å². The standard InChI is InChI=1S/C12H16Cl2N2/c1-8-5-10(7-16(8)2)15-12-4-3-9(13)6-11(12)14/h3-4,6,8,10,15H,5,7H2,1-2H3. The van der Waals surface area contributed by atoms with Gasteiger partial charge in [-0.15, -0.1) is 0 Å². The number of likely N-dealkylation sites (N-methyl/N-ethyl adjacent to an activating group) is 1. The Morgan fingerprint density at radius 1 is 1.38 bits per heavy atom. The highest BCUT2D eigenvalue weighted by atomic mass is 35.5. The zero-order valence-corrected chi connectivity index (χ0v) is 11.0. The van der Waals surface area contributed by atoms with Crippen molar-refractivity contribution in [3.05, 3.63) is 28.2 Å². The van der Waals surface area contributed by atoms with Gasteiger partial charge in [0, 0.05) is 23.7 Å². The molecule has 0 spiro atoms. The molecule has 0 aromatic heterocycles. The second kappa shape index (κ2) is 4.82. The number of hydrogen-bond acceptors (Lipinski definition) is 2. The van der Waals surface area contributed by atoms with Crippen LogP contribution in [-0.2, 0) is 0 Å². The number of hydrogen-bond donors (Lipinski definition) is 1. The molecule has 1 aliphatic heterocycles. The molecule has 0 radical (unpaired) electrons. The van der Waals surface area contributed by atoms with Gasteiger partial charge in [-0.05, 0) is 38.6 Å². The maximum absolute atomic E-state index is 6.12. The van der Waals surface area contributed by atoms with Crippen LogP contribution in [0.2, 0.25) is 10.0 Å². The fraction of sp³-hybridized carbons (Fsp3) is 0.500. The van der Waals surface area contributed by atoms with E-state index in [1.807, 2.05) is 12.1 Å². The molecule has 16 heavy (non-hydrogen) atoms. The average Bonchev–Trinajstić information content (AvgIpc) is 2.51. The first-order valence-electron chi connectivity index (χ1n) is 5.48. The number of nitrogens with zero attached hydrogens (tertiary/aromatic N) is 1. The molecule has 1 aromatic carbocycles. The van der Waals surface area contributed by atoms with Gasteiger partial charge in [-0.3, -0.25) is 0 Å². The van der Waals surface area contributed by atoms with E-state index in [0.29, 0.717) is 22.1 Å². The molecule has 88 valence electrons. The van der Waals surface area contributed by atoms with Crippen LogP contribution in [0.15, 0.2) is 18.2 Å². The molecule has 2 unspecified atom stereocenters. The lowest BCUT2D eigenvalue weighted by atomic mass is 10.2. The lowest BCUT2D eigenvalue weighted by molar-refractivity contribution is 0.330. The molecule has 2 rings (SSSR count). The molecule has 0 bridgehead atoms. The Bertz CT molecular complexity index is 371. The quantitative estimate of drug-likeness (QED) is 0.874. The van der Waals surface area contributed by atoms with Crippen LogP contribution in [0.1, 0.15) is 13.3 Å². The van der Waals surface area contributed by atoms with E-state index in [1.54, 1.807) is 6.07 Å². The summed E-state index contributed by atoms with van der Waals surface area (Å²) in [6.45, 7) is 3.30. The summed E-state index contributed by atoms with van der Waals surface area (Å²) in [5.41, 5.74) is 0.971. The zero-order chi connectivity index (χ0) is 11.7. The van der Waals surface area contributed by atoms with Crippen molar-refractivity contribution in [2.45, 2.75) is 25.4 Å². The van der Waals surface area contributed by atoms with Crippen LogP contribution in [0.25, 0.3) is 0 Å². The minimum absolute atomic E-state index is 0.471. The average molecular weight is 259 g/mol. The zero-order valence-electron chi connectivity index (χ0n) is 9.50.